The van der Waals surface area contributed by atoms with Gasteiger partial charge in [-0.15, -0.1) is 0 Å². The Hall–Kier alpha value is -0.0500. The highest BCUT2D eigenvalue weighted by Gasteiger charge is 2.15. The van der Waals surface area contributed by atoms with E-state index in [9.17, 15) is 9.90 Å². The van der Waals surface area contributed by atoms with E-state index < -0.39 is 0 Å². The molecule has 0 saturated heterocycles. The fourth-order valence-electron chi connectivity index (χ4n) is 1.67. The summed E-state index contributed by atoms with van der Waals surface area (Å²) in [5, 5.41) is 9.67. The molecule has 1 aromatic rings. The minimum Gasteiger partial charge on any atom is -0.506 e. The second-order valence-corrected chi connectivity index (χ2v) is 6.82. The summed E-state index contributed by atoms with van der Waals surface area (Å²) < 4.78 is 6.73. The summed E-state index contributed by atoms with van der Waals surface area (Å²) in [4.78, 5) is 12.0. The smallest absolute Gasteiger partial charge is 0.338 e. The van der Waals surface area contributed by atoms with Gasteiger partial charge in [-0.1, -0.05) is 19.8 Å². The summed E-state index contributed by atoms with van der Waals surface area (Å²) in [7, 11) is 0. The highest BCUT2D eigenvalue weighted by Crippen LogP contribution is 2.27. The lowest BCUT2D eigenvalue weighted by molar-refractivity contribution is 0.0319. The number of hydrogen-bond donors (Lipinski definition) is 1. The number of phenols is 1. The summed E-state index contributed by atoms with van der Waals surface area (Å²) in [5.74, 6) is -0.103. The van der Waals surface area contributed by atoms with Crippen LogP contribution in [0, 0.1) is 7.14 Å². The van der Waals surface area contributed by atoms with Crippen LogP contribution in [0.3, 0.4) is 0 Å². The van der Waals surface area contributed by atoms with Crippen LogP contribution in [-0.4, -0.2) is 17.2 Å². The van der Waals surface area contributed by atoms with Gasteiger partial charge in [-0.25, -0.2) is 4.79 Å². The molecule has 1 unspecified atom stereocenters. The summed E-state index contributed by atoms with van der Waals surface area (Å²) in [6, 6.07) is 3.30. The molecule has 1 rings (SSSR count). The molecule has 5 heteroatoms. The predicted octanol–water partition coefficient (Wildman–Crippen LogP) is 4.73. The van der Waals surface area contributed by atoms with Gasteiger partial charge in [0.25, 0.3) is 0 Å². The first-order valence-corrected chi connectivity index (χ1v) is 8.50. The second kappa shape index (κ2) is 8.28. The number of halogens is 2. The molecule has 0 fully saturated rings. The van der Waals surface area contributed by atoms with E-state index in [2.05, 4.69) is 6.92 Å². The van der Waals surface area contributed by atoms with Crippen LogP contribution in [0.15, 0.2) is 12.1 Å². The average molecular weight is 488 g/mol. The van der Waals surface area contributed by atoms with Crippen molar-refractivity contribution in [2.24, 2.45) is 0 Å². The van der Waals surface area contributed by atoms with Crippen LogP contribution < -0.4 is 0 Å². The number of hydrogen-bond acceptors (Lipinski definition) is 3. The van der Waals surface area contributed by atoms with Gasteiger partial charge in [0.15, 0.2) is 0 Å². The fraction of sp³-hybridized carbons (Fsp3) is 0.500. The first-order chi connectivity index (χ1) is 8.95. The maximum absolute atomic E-state index is 12.0. The Kier molecular flexibility index (Phi) is 7.41. The molecule has 0 radical (unpaired) electrons. The average Bonchev–Trinajstić information content (AvgIpc) is 2.35. The van der Waals surface area contributed by atoms with E-state index in [0.717, 1.165) is 25.7 Å². The van der Waals surface area contributed by atoms with Crippen molar-refractivity contribution in [3.8, 4) is 5.75 Å². The highest BCUT2D eigenvalue weighted by atomic mass is 127. The van der Waals surface area contributed by atoms with Gasteiger partial charge in [0.2, 0.25) is 0 Å². The standard InChI is InChI=1S/C14H18I2O3/c1-3-4-5-6-9(2)19-14(18)10-7-11(15)13(17)12(16)8-10/h7-9,17H,3-6H2,1-2H3. The molecule has 1 atom stereocenters. The van der Waals surface area contributed by atoms with Gasteiger partial charge >= 0.3 is 5.97 Å². The molecule has 0 amide bonds. The van der Waals surface area contributed by atoms with Crippen LogP contribution in [0.25, 0.3) is 0 Å². The molecule has 1 N–H and O–H groups in total. The molecule has 0 spiro atoms. The summed E-state index contributed by atoms with van der Waals surface area (Å²) in [6.07, 6.45) is 4.23. The third-order valence-corrected chi connectivity index (χ3v) is 4.42. The van der Waals surface area contributed by atoms with Crippen molar-refractivity contribution >= 4 is 51.2 Å². The fourth-order valence-corrected chi connectivity index (χ4v) is 3.44. The van der Waals surface area contributed by atoms with Gasteiger partial charge in [-0.2, -0.15) is 0 Å². The highest BCUT2D eigenvalue weighted by molar-refractivity contribution is 14.1. The molecule has 106 valence electrons. The number of carbonyl (C=O) groups excluding carboxylic acids is 1. The monoisotopic (exact) mass is 488 g/mol. The first-order valence-electron chi connectivity index (χ1n) is 6.34. The molecule has 0 heterocycles. The summed E-state index contributed by atoms with van der Waals surface area (Å²) in [6.45, 7) is 4.07. The Labute approximate surface area is 141 Å². The third-order valence-electron chi connectivity index (χ3n) is 2.78. The number of esters is 1. The molecular weight excluding hydrogens is 470 g/mol. The van der Waals surface area contributed by atoms with E-state index in [-0.39, 0.29) is 17.8 Å². The van der Waals surface area contributed by atoms with E-state index in [1.165, 1.54) is 0 Å². The molecule has 0 aliphatic heterocycles. The molecule has 0 bridgehead atoms. The second-order valence-electron chi connectivity index (χ2n) is 4.50. The van der Waals surface area contributed by atoms with Gasteiger partial charge in [0, 0.05) is 0 Å². The van der Waals surface area contributed by atoms with Gasteiger partial charge < -0.3 is 9.84 Å². The maximum Gasteiger partial charge on any atom is 0.338 e. The summed E-state index contributed by atoms with van der Waals surface area (Å²) in [5.41, 5.74) is 0.494. The zero-order valence-corrected chi connectivity index (χ0v) is 15.4. The molecule has 0 aliphatic carbocycles. The van der Waals surface area contributed by atoms with Crippen molar-refractivity contribution in [2.45, 2.75) is 45.6 Å². The number of rotatable bonds is 6. The number of phenolic OH excluding ortho intramolecular Hbond substituents is 1. The Balaban J connectivity index is 2.63. The minimum atomic E-state index is -0.320. The lowest BCUT2D eigenvalue weighted by Crippen LogP contribution is -2.15. The Morgan fingerprint density at radius 1 is 1.32 bits per heavy atom. The van der Waals surface area contributed by atoms with E-state index in [1.807, 2.05) is 52.1 Å². The van der Waals surface area contributed by atoms with Crippen molar-refractivity contribution in [2.75, 3.05) is 0 Å². The van der Waals surface area contributed by atoms with Crippen molar-refractivity contribution in [3.63, 3.8) is 0 Å². The van der Waals surface area contributed by atoms with Crippen molar-refractivity contribution in [1.29, 1.82) is 0 Å². The number of aromatic hydroxyl groups is 1. The lowest BCUT2D eigenvalue weighted by atomic mass is 10.1. The lowest BCUT2D eigenvalue weighted by Gasteiger charge is -2.13. The van der Waals surface area contributed by atoms with Crippen LogP contribution in [0.5, 0.6) is 5.75 Å². The van der Waals surface area contributed by atoms with Gasteiger partial charge in [-0.05, 0) is 77.1 Å². The molecule has 1 aromatic carbocycles. The molecule has 3 nitrogen and oxygen atoms in total. The maximum atomic E-state index is 12.0. The van der Waals surface area contributed by atoms with E-state index in [4.69, 9.17) is 4.74 Å². The SMILES string of the molecule is CCCCCC(C)OC(=O)c1cc(I)c(O)c(I)c1. The van der Waals surface area contributed by atoms with Crippen LogP contribution in [-0.2, 0) is 4.74 Å². The van der Waals surface area contributed by atoms with Crippen molar-refractivity contribution in [3.05, 3.63) is 24.8 Å². The quantitative estimate of drug-likeness (QED) is 0.358. The third kappa shape index (κ3) is 5.45. The van der Waals surface area contributed by atoms with Crippen molar-refractivity contribution in [1.82, 2.24) is 0 Å². The van der Waals surface area contributed by atoms with Gasteiger partial charge in [0.05, 0.1) is 18.8 Å². The van der Waals surface area contributed by atoms with E-state index >= 15 is 0 Å². The van der Waals surface area contributed by atoms with Crippen molar-refractivity contribution < 1.29 is 14.6 Å². The summed E-state index contributed by atoms with van der Waals surface area (Å²) >= 11 is 4.02. The molecule has 0 saturated carbocycles. The van der Waals surface area contributed by atoms with Crippen LogP contribution in [0.2, 0.25) is 0 Å². The minimum absolute atomic E-state index is 0.0665. The van der Waals surface area contributed by atoms with Crippen LogP contribution in [0.4, 0.5) is 0 Å². The molecular formula is C14H18I2O3. The van der Waals surface area contributed by atoms with E-state index in [0.29, 0.717) is 12.7 Å². The zero-order valence-electron chi connectivity index (χ0n) is 11.1. The molecule has 0 aliphatic rings. The Morgan fingerprint density at radius 2 is 1.89 bits per heavy atom. The normalized spacial score (nSPS) is 12.2. The number of benzene rings is 1. The topological polar surface area (TPSA) is 46.5 Å². The van der Waals surface area contributed by atoms with Crippen LogP contribution in [0.1, 0.15) is 49.9 Å². The van der Waals surface area contributed by atoms with Gasteiger partial charge in [-0.3, -0.25) is 0 Å². The Morgan fingerprint density at radius 3 is 2.42 bits per heavy atom. The first kappa shape index (κ1) is 17.0. The number of carbonyl (C=O) groups is 1. The zero-order chi connectivity index (χ0) is 14.4. The molecule has 0 aromatic heterocycles. The van der Waals surface area contributed by atoms with E-state index in [1.54, 1.807) is 12.1 Å². The van der Waals surface area contributed by atoms with Gasteiger partial charge in [0.1, 0.15) is 5.75 Å². The number of ether oxygens (including phenoxy) is 1. The predicted molar refractivity (Wildman–Crippen MR) is 92.6 cm³/mol. The number of unbranched alkanes of at least 4 members (excludes halogenated alkanes) is 2. The molecule has 19 heavy (non-hydrogen) atoms. The Bertz CT molecular complexity index is 423. The van der Waals surface area contributed by atoms with Crippen LogP contribution >= 0.6 is 45.2 Å². The largest absolute Gasteiger partial charge is 0.506 e.